The Bertz CT molecular complexity index is 1230. The molecule has 5 rings (SSSR count). The maximum Gasteiger partial charge on any atom is 0.261 e. The van der Waals surface area contributed by atoms with Gasteiger partial charge in [0, 0.05) is 19.0 Å². The highest BCUT2D eigenvalue weighted by atomic mass is 32.1. The molecule has 2 aromatic carbocycles. The lowest BCUT2D eigenvalue weighted by Gasteiger charge is -2.32. The molecule has 0 N–H and O–H groups in total. The van der Waals surface area contributed by atoms with Gasteiger partial charge in [-0.15, -0.1) is 11.3 Å². The average Bonchev–Trinajstić information content (AvgIpc) is 3.20. The minimum atomic E-state index is -0.177. The fourth-order valence-corrected chi connectivity index (χ4v) is 5.03. The predicted octanol–water partition coefficient (Wildman–Crippen LogP) is 3.41. The first kappa shape index (κ1) is 18.0. The summed E-state index contributed by atoms with van der Waals surface area (Å²) in [6.45, 7) is 1.38. The number of piperidine rings is 1. The van der Waals surface area contributed by atoms with Gasteiger partial charge in [-0.25, -0.2) is 9.97 Å². The van der Waals surface area contributed by atoms with Gasteiger partial charge in [-0.2, -0.15) is 0 Å². The van der Waals surface area contributed by atoms with Gasteiger partial charge in [0.15, 0.2) is 0 Å². The van der Waals surface area contributed by atoms with Crippen molar-refractivity contribution in [3.8, 4) is 0 Å². The second kappa shape index (κ2) is 7.40. The lowest BCUT2D eigenvalue weighted by Crippen LogP contribution is -2.42. The summed E-state index contributed by atoms with van der Waals surface area (Å²) in [7, 11) is 0. The van der Waals surface area contributed by atoms with Crippen molar-refractivity contribution in [1.82, 2.24) is 19.4 Å². The van der Waals surface area contributed by atoms with Gasteiger partial charge in [0.2, 0.25) is 5.91 Å². The Morgan fingerprint density at radius 3 is 2.76 bits per heavy atom. The SMILES string of the molecule is O=C(Cn1cnc2ccccc2c1=O)N1CCC[C@@H](c2nc3ccccc3s2)C1. The number of hydrogen-bond donors (Lipinski definition) is 0. The zero-order valence-electron chi connectivity index (χ0n) is 15.8. The molecule has 1 amide bonds. The molecule has 1 aliphatic heterocycles. The molecule has 1 atom stereocenters. The first-order valence-electron chi connectivity index (χ1n) is 9.76. The number of fused-ring (bicyclic) bond motifs is 2. The van der Waals surface area contributed by atoms with Crippen molar-refractivity contribution < 1.29 is 4.79 Å². The van der Waals surface area contributed by atoms with Crippen molar-refractivity contribution >= 4 is 38.4 Å². The van der Waals surface area contributed by atoms with Gasteiger partial charge in [-0.1, -0.05) is 24.3 Å². The standard InChI is InChI=1S/C22H20N4O2S/c27-20(13-26-14-23-17-8-2-1-7-16(17)22(26)28)25-11-5-6-15(12-25)21-24-18-9-3-4-10-19(18)29-21/h1-4,7-10,14-15H,5-6,11-13H2/t15-/m1/s1. The highest BCUT2D eigenvalue weighted by Gasteiger charge is 2.27. The van der Waals surface area contributed by atoms with Gasteiger partial charge in [-0.05, 0) is 37.1 Å². The minimum Gasteiger partial charge on any atom is -0.340 e. The monoisotopic (exact) mass is 404 g/mol. The summed E-state index contributed by atoms with van der Waals surface area (Å²) in [5.74, 6) is 0.201. The number of amides is 1. The largest absolute Gasteiger partial charge is 0.340 e. The summed E-state index contributed by atoms with van der Waals surface area (Å²) in [5, 5.41) is 1.63. The van der Waals surface area contributed by atoms with E-state index in [1.165, 1.54) is 15.6 Å². The summed E-state index contributed by atoms with van der Waals surface area (Å²) >= 11 is 1.71. The van der Waals surface area contributed by atoms with E-state index in [-0.39, 0.29) is 23.9 Å². The molecule has 4 aromatic rings. The first-order chi connectivity index (χ1) is 14.2. The topological polar surface area (TPSA) is 68.1 Å². The molecular weight excluding hydrogens is 384 g/mol. The Kier molecular flexibility index (Phi) is 4.60. The number of thiazole rings is 1. The van der Waals surface area contributed by atoms with E-state index in [0.29, 0.717) is 17.4 Å². The number of likely N-dealkylation sites (tertiary alicyclic amines) is 1. The lowest BCUT2D eigenvalue weighted by molar-refractivity contribution is -0.133. The molecule has 0 aliphatic carbocycles. The van der Waals surface area contributed by atoms with Gasteiger partial charge in [-0.3, -0.25) is 14.2 Å². The van der Waals surface area contributed by atoms with Crippen LogP contribution in [0.4, 0.5) is 0 Å². The number of rotatable bonds is 3. The van der Waals surface area contributed by atoms with Crippen LogP contribution < -0.4 is 5.56 Å². The van der Waals surface area contributed by atoms with E-state index in [4.69, 9.17) is 4.98 Å². The van der Waals surface area contributed by atoms with Crippen molar-refractivity contribution in [1.29, 1.82) is 0 Å². The van der Waals surface area contributed by atoms with Crippen LogP contribution in [0.25, 0.3) is 21.1 Å². The number of para-hydroxylation sites is 2. The van der Waals surface area contributed by atoms with Crippen LogP contribution in [-0.4, -0.2) is 38.4 Å². The van der Waals surface area contributed by atoms with Crippen LogP contribution in [0.3, 0.4) is 0 Å². The Morgan fingerprint density at radius 1 is 1.10 bits per heavy atom. The van der Waals surface area contributed by atoms with E-state index < -0.39 is 0 Å². The average molecular weight is 404 g/mol. The zero-order valence-corrected chi connectivity index (χ0v) is 16.6. The molecule has 3 heterocycles. The van der Waals surface area contributed by atoms with E-state index in [1.807, 2.05) is 35.2 Å². The third-order valence-electron chi connectivity index (χ3n) is 5.47. The second-order valence-corrected chi connectivity index (χ2v) is 8.46. The van der Waals surface area contributed by atoms with Crippen molar-refractivity contribution in [2.75, 3.05) is 13.1 Å². The molecule has 1 fully saturated rings. The number of carbonyl (C=O) groups is 1. The van der Waals surface area contributed by atoms with Crippen molar-refractivity contribution in [2.45, 2.75) is 25.3 Å². The maximum atomic E-state index is 12.9. The molecule has 0 bridgehead atoms. The molecule has 1 saturated heterocycles. The van der Waals surface area contributed by atoms with Crippen LogP contribution in [0.2, 0.25) is 0 Å². The van der Waals surface area contributed by atoms with E-state index in [9.17, 15) is 9.59 Å². The Balaban J connectivity index is 1.35. The second-order valence-electron chi connectivity index (χ2n) is 7.39. The maximum absolute atomic E-state index is 12.9. The molecule has 7 heteroatoms. The normalized spacial score (nSPS) is 17.1. The van der Waals surface area contributed by atoms with Crippen LogP contribution in [0.1, 0.15) is 23.8 Å². The van der Waals surface area contributed by atoms with Gasteiger partial charge in [0.05, 0.1) is 32.5 Å². The zero-order chi connectivity index (χ0) is 19.8. The molecule has 0 unspecified atom stereocenters. The predicted molar refractivity (Wildman–Crippen MR) is 114 cm³/mol. The number of benzene rings is 2. The third-order valence-corrected chi connectivity index (χ3v) is 6.67. The van der Waals surface area contributed by atoms with Crippen molar-refractivity contribution in [3.05, 3.63) is 70.2 Å². The number of nitrogens with zero attached hydrogens (tertiary/aromatic N) is 4. The molecule has 146 valence electrons. The smallest absolute Gasteiger partial charge is 0.261 e. The molecule has 0 saturated carbocycles. The molecule has 6 nitrogen and oxygen atoms in total. The summed E-state index contributed by atoms with van der Waals surface area (Å²) in [4.78, 5) is 36.6. The third kappa shape index (κ3) is 3.42. The van der Waals surface area contributed by atoms with Crippen LogP contribution in [-0.2, 0) is 11.3 Å². The molecule has 2 aromatic heterocycles. The highest BCUT2D eigenvalue weighted by Crippen LogP contribution is 2.33. The number of hydrogen-bond acceptors (Lipinski definition) is 5. The molecule has 29 heavy (non-hydrogen) atoms. The quantitative estimate of drug-likeness (QED) is 0.525. The summed E-state index contributed by atoms with van der Waals surface area (Å²) < 4.78 is 2.59. The molecular formula is C22H20N4O2S. The highest BCUT2D eigenvalue weighted by molar-refractivity contribution is 7.18. The van der Waals surface area contributed by atoms with E-state index in [0.717, 1.165) is 29.9 Å². The minimum absolute atomic E-state index is 0.0171. The molecule has 0 radical (unpaired) electrons. The lowest BCUT2D eigenvalue weighted by atomic mass is 9.98. The molecule has 1 aliphatic rings. The van der Waals surface area contributed by atoms with E-state index >= 15 is 0 Å². The Hall–Kier alpha value is -3.06. The fourth-order valence-electron chi connectivity index (χ4n) is 3.93. The van der Waals surface area contributed by atoms with Gasteiger partial charge < -0.3 is 4.90 Å². The van der Waals surface area contributed by atoms with Crippen LogP contribution in [0.15, 0.2) is 59.7 Å². The van der Waals surface area contributed by atoms with Crippen molar-refractivity contribution in [3.63, 3.8) is 0 Å². The van der Waals surface area contributed by atoms with Gasteiger partial charge in [0.1, 0.15) is 6.54 Å². The summed E-state index contributed by atoms with van der Waals surface area (Å²) in [6, 6.07) is 15.3. The van der Waals surface area contributed by atoms with Crippen LogP contribution in [0, 0.1) is 0 Å². The van der Waals surface area contributed by atoms with Gasteiger partial charge in [0.25, 0.3) is 5.56 Å². The Labute approximate surface area is 171 Å². The molecule has 0 spiro atoms. The number of carbonyl (C=O) groups excluding carboxylic acids is 1. The van der Waals surface area contributed by atoms with Crippen molar-refractivity contribution in [2.24, 2.45) is 0 Å². The van der Waals surface area contributed by atoms with E-state index in [1.54, 1.807) is 23.5 Å². The fraction of sp³-hybridized carbons (Fsp3) is 0.273. The van der Waals surface area contributed by atoms with E-state index in [2.05, 4.69) is 11.1 Å². The first-order valence-corrected chi connectivity index (χ1v) is 10.6. The van der Waals surface area contributed by atoms with Crippen LogP contribution in [0.5, 0.6) is 0 Å². The summed E-state index contributed by atoms with van der Waals surface area (Å²) in [5.41, 5.74) is 1.49. The summed E-state index contributed by atoms with van der Waals surface area (Å²) in [6.07, 6.45) is 3.44. The van der Waals surface area contributed by atoms with Gasteiger partial charge >= 0.3 is 0 Å². The number of aromatic nitrogens is 3. The Morgan fingerprint density at radius 2 is 1.90 bits per heavy atom. The van der Waals surface area contributed by atoms with Crippen LogP contribution >= 0.6 is 11.3 Å².